The van der Waals surface area contributed by atoms with E-state index >= 15 is 0 Å². The van der Waals surface area contributed by atoms with Crippen molar-refractivity contribution in [3.05, 3.63) is 41.6 Å². The van der Waals surface area contributed by atoms with Crippen LogP contribution in [0.5, 0.6) is 0 Å². The molecule has 0 aliphatic heterocycles. The summed E-state index contributed by atoms with van der Waals surface area (Å²) in [4.78, 5) is 11.9. The Labute approximate surface area is 92.7 Å². The van der Waals surface area contributed by atoms with E-state index in [1.165, 1.54) is 0 Å². The SMILES string of the molecule is Cc1c(N)cccc1C(=O)Nc1ccn[nH]1. The van der Waals surface area contributed by atoms with Crippen LogP contribution in [0.3, 0.4) is 0 Å². The first-order valence-corrected chi connectivity index (χ1v) is 4.84. The smallest absolute Gasteiger partial charge is 0.257 e. The van der Waals surface area contributed by atoms with E-state index in [4.69, 9.17) is 5.73 Å². The molecule has 0 radical (unpaired) electrons. The largest absolute Gasteiger partial charge is 0.398 e. The minimum absolute atomic E-state index is 0.200. The third kappa shape index (κ3) is 1.88. The van der Waals surface area contributed by atoms with Crippen molar-refractivity contribution in [3.63, 3.8) is 0 Å². The van der Waals surface area contributed by atoms with Gasteiger partial charge in [-0.2, -0.15) is 5.10 Å². The number of nitrogens with two attached hydrogens (primary N) is 1. The number of carbonyl (C=O) groups excluding carboxylic acids is 1. The molecule has 0 aliphatic carbocycles. The third-order valence-corrected chi connectivity index (χ3v) is 2.37. The third-order valence-electron chi connectivity index (χ3n) is 2.37. The molecule has 1 aromatic heterocycles. The predicted molar refractivity (Wildman–Crippen MR) is 62.1 cm³/mol. The second-order valence-corrected chi connectivity index (χ2v) is 3.44. The predicted octanol–water partition coefficient (Wildman–Crippen LogP) is 1.55. The Morgan fingerprint density at radius 3 is 2.94 bits per heavy atom. The van der Waals surface area contributed by atoms with Crippen LogP contribution in [0.25, 0.3) is 0 Å². The van der Waals surface area contributed by atoms with Crippen molar-refractivity contribution in [2.75, 3.05) is 11.1 Å². The highest BCUT2D eigenvalue weighted by Crippen LogP contribution is 2.16. The molecule has 0 saturated carbocycles. The van der Waals surface area contributed by atoms with Gasteiger partial charge in [0, 0.05) is 17.3 Å². The summed E-state index contributed by atoms with van der Waals surface area (Å²) in [5.74, 6) is 0.362. The van der Waals surface area contributed by atoms with E-state index in [-0.39, 0.29) is 5.91 Å². The van der Waals surface area contributed by atoms with Gasteiger partial charge < -0.3 is 11.1 Å². The summed E-state index contributed by atoms with van der Waals surface area (Å²) < 4.78 is 0. The van der Waals surface area contributed by atoms with Crippen molar-refractivity contribution in [2.24, 2.45) is 0 Å². The summed E-state index contributed by atoms with van der Waals surface area (Å²) in [5, 5.41) is 9.10. The fourth-order valence-corrected chi connectivity index (χ4v) is 1.41. The molecule has 0 spiro atoms. The van der Waals surface area contributed by atoms with E-state index in [1.54, 1.807) is 30.5 Å². The van der Waals surface area contributed by atoms with Gasteiger partial charge in [-0.15, -0.1) is 0 Å². The van der Waals surface area contributed by atoms with Gasteiger partial charge in [-0.05, 0) is 24.6 Å². The van der Waals surface area contributed by atoms with E-state index in [9.17, 15) is 4.79 Å². The fraction of sp³-hybridized carbons (Fsp3) is 0.0909. The number of anilines is 2. The monoisotopic (exact) mass is 216 g/mol. The Morgan fingerprint density at radius 1 is 1.44 bits per heavy atom. The number of nitrogen functional groups attached to an aromatic ring is 1. The lowest BCUT2D eigenvalue weighted by atomic mass is 10.1. The lowest BCUT2D eigenvalue weighted by Crippen LogP contribution is -2.14. The van der Waals surface area contributed by atoms with E-state index in [0.29, 0.717) is 17.1 Å². The van der Waals surface area contributed by atoms with Crippen LogP contribution in [0.2, 0.25) is 0 Å². The lowest BCUT2D eigenvalue weighted by Gasteiger charge is -2.07. The highest BCUT2D eigenvalue weighted by atomic mass is 16.1. The van der Waals surface area contributed by atoms with Crippen molar-refractivity contribution >= 4 is 17.4 Å². The zero-order chi connectivity index (χ0) is 11.5. The molecule has 0 bridgehead atoms. The summed E-state index contributed by atoms with van der Waals surface area (Å²) in [6.07, 6.45) is 1.57. The van der Waals surface area contributed by atoms with E-state index in [0.717, 1.165) is 5.56 Å². The normalized spacial score (nSPS) is 10.1. The Hall–Kier alpha value is -2.30. The topological polar surface area (TPSA) is 83.8 Å². The average molecular weight is 216 g/mol. The van der Waals surface area contributed by atoms with Gasteiger partial charge in [0.2, 0.25) is 0 Å². The molecule has 82 valence electrons. The zero-order valence-corrected chi connectivity index (χ0v) is 8.82. The summed E-state index contributed by atoms with van der Waals surface area (Å²) in [6, 6.07) is 6.93. The Bertz CT molecular complexity index is 505. The molecule has 0 fully saturated rings. The molecular formula is C11H12N4O. The van der Waals surface area contributed by atoms with Crippen molar-refractivity contribution in [2.45, 2.75) is 6.92 Å². The molecular weight excluding hydrogens is 204 g/mol. The van der Waals surface area contributed by atoms with Gasteiger partial charge >= 0.3 is 0 Å². The molecule has 2 rings (SSSR count). The Balaban J connectivity index is 2.24. The molecule has 5 nitrogen and oxygen atoms in total. The minimum Gasteiger partial charge on any atom is -0.398 e. The summed E-state index contributed by atoms with van der Waals surface area (Å²) >= 11 is 0. The van der Waals surface area contributed by atoms with Gasteiger partial charge in [-0.25, -0.2) is 0 Å². The number of aromatic amines is 1. The van der Waals surface area contributed by atoms with Crippen LogP contribution in [0.4, 0.5) is 11.5 Å². The van der Waals surface area contributed by atoms with Gasteiger partial charge in [-0.3, -0.25) is 9.89 Å². The number of amides is 1. The van der Waals surface area contributed by atoms with Gasteiger partial charge in [-0.1, -0.05) is 6.07 Å². The summed E-state index contributed by atoms with van der Waals surface area (Å²) in [5.41, 5.74) is 7.68. The maximum absolute atomic E-state index is 11.9. The van der Waals surface area contributed by atoms with Gasteiger partial charge in [0.15, 0.2) is 0 Å². The van der Waals surface area contributed by atoms with Crippen LogP contribution in [0, 0.1) is 6.92 Å². The molecule has 0 unspecified atom stereocenters. The maximum atomic E-state index is 11.9. The van der Waals surface area contributed by atoms with Crippen LogP contribution in [0.15, 0.2) is 30.5 Å². The lowest BCUT2D eigenvalue weighted by molar-refractivity contribution is 0.102. The fourth-order valence-electron chi connectivity index (χ4n) is 1.41. The van der Waals surface area contributed by atoms with E-state index < -0.39 is 0 Å². The van der Waals surface area contributed by atoms with E-state index in [1.807, 2.05) is 6.92 Å². The second kappa shape index (κ2) is 4.06. The molecule has 1 amide bonds. The molecule has 5 heteroatoms. The quantitative estimate of drug-likeness (QED) is 0.666. The summed E-state index contributed by atoms with van der Waals surface area (Å²) in [6.45, 7) is 1.82. The number of nitrogens with zero attached hydrogens (tertiary/aromatic N) is 1. The number of carbonyl (C=O) groups is 1. The minimum atomic E-state index is -0.200. The number of hydrogen-bond acceptors (Lipinski definition) is 3. The number of benzene rings is 1. The average Bonchev–Trinajstić information content (AvgIpc) is 2.74. The highest BCUT2D eigenvalue weighted by molar-refractivity contribution is 6.05. The first kappa shape index (κ1) is 10.2. The molecule has 1 heterocycles. The maximum Gasteiger partial charge on any atom is 0.257 e. The van der Waals surface area contributed by atoms with Gasteiger partial charge in [0.1, 0.15) is 5.82 Å². The molecule has 16 heavy (non-hydrogen) atoms. The van der Waals surface area contributed by atoms with Crippen molar-refractivity contribution in [3.8, 4) is 0 Å². The molecule has 0 saturated heterocycles. The number of aromatic nitrogens is 2. The van der Waals surface area contributed by atoms with Crippen molar-refractivity contribution < 1.29 is 4.79 Å². The number of H-pyrrole nitrogens is 1. The zero-order valence-electron chi connectivity index (χ0n) is 8.82. The Kier molecular flexibility index (Phi) is 2.59. The number of nitrogens with one attached hydrogen (secondary N) is 2. The molecule has 1 aromatic carbocycles. The first-order valence-electron chi connectivity index (χ1n) is 4.84. The van der Waals surface area contributed by atoms with Crippen LogP contribution in [0.1, 0.15) is 15.9 Å². The van der Waals surface area contributed by atoms with E-state index in [2.05, 4.69) is 15.5 Å². The first-order chi connectivity index (χ1) is 7.68. The highest BCUT2D eigenvalue weighted by Gasteiger charge is 2.10. The number of hydrogen-bond donors (Lipinski definition) is 3. The van der Waals surface area contributed by atoms with Gasteiger partial charge in [0.05, 0.1) is 6.20 Å². The van der Waals surface area contributed by atoms with Gasteiger partial charge in [0.25, 0.3) is 5.91 Å². The second-order valence-electron chi connectivity index (χ2n) is 3.44. The van der Waals surface area contributed by atoms with Crippen LogP contribution < -0.4 is 11.1 Å². The van der Waals surface area contributed by atoms with Crippen LogP contribution >= 0.6 is 0 Å². The van der Waals surface area contributed by atoms with Crippen LogP contribution in [-0.4, -0.2) is 16.1 Å². The summed E-state index contributed by atoms with van der Waals surface area (Å²) in [7, 11) is 0. The number of rotatable bonds is 2. The molecule has 0 aliphatic rings. The van der Waals surface area contributed by atoms with Crippen molar-refractivity contribution in [1.29, 1.82) is 0 Å². The molecule has 0 atom stereocenters. The molecule has 2 aromatic rings. The Morgan fingerprint density at radius 2 is 2.25 bits per heavy atom. The van der Waals surface area contributed by atoms with Crippen LogP contribution in [-0.2, 0) is 0 Å². The van der Waals surface area contributed by atoms with Crippen molar-refractivity contribution in [1.82, 2.24) is 10.2 Å². The standard InChI is InChI=1S/C11H12N4O/c1-7-8(3-2-4-9(7)12)11(16)14-10-5-6-13-15-10/h2-6H,12H2,1H3,(H2,13,14,15,16). The molecule has 4 N–H and O–H groups in total.